The third kappa shape index (κ3) is 3.06. The van der Waals surface area contributed by atoms with Gasteiger partial charge in [0.1, 0.15) is 5.60 Å². The molecule has 2 aliphatic rings. The number of carbonyl (C=O) groups excluding carboxylic acids is 1. The van der Waals surface area contributed by atoms with Crippen molar-refractivity contribution in [3.05, 3.63) is 53.6 Å². The fraction of sp³-hybridized carbons (Fsp3) is 0.429. The molecule has 9 nitrogen and oxygen atoms in total. The van der Waals surface area contributed by atoms with Crippen molar-refractivity contribution < 1.29 is 14.3 Å². The Labute approximate surface area is 174 Å². The smallest absolute Gasteiger partial charge is 0.378 e. The van der Waals surface area contributed by atoms with Gasteiger partial charge in [0, 0.05) is 26.3 Å². The minimum Gasteiger partial charge on any atom is -0.463 e. The number of aryl methyl sites for hydroxylation is 1. The molecule has 30 heavy (non-hydrogen) atoms. The van der Waals surface area contributed by atoms with Crippen LogP contribution in [0, 0.1) is 0 Å². The molecule has 0 aliphatic carbocycles. The first-order valence-corrected chi connectivity index (χ1v) is 10.1. The predicted molar refractivity (Wildman–Crippen MR) is 109 cm³/mol. The molecule has 0 saturated carbocycles. The van der Waals surface area contributed by atoms with Crippen LogP contribution in [-0.2, 0) is 28.5 Å². The molecule has 0 unspecified atom stereocenters. The van der Waals surface area contributed by atoms with E-state index in [1.807, 2.05) is 22.9 Å². The van der Waals surface area contributed by atoms with Gasteiger partial charge in [-0.15, -0.1) is 5.10 Å². The van der Waals surface area contributed by atoms with E-state index in [4.69, 9.17) is 14.6 Å². The van der Waals surface area contributed by atoms with Crippen LogP contribution in [0.25, 0.3) is 5.69 Å². The molecule has 3 aromatic rings. The van der Waals surface area contributed by atoms with Crippen LogP contribution in [0.5, 0.6) is 0 Å². The first-order chi connectivity index (χ1) is 14.6. The van der Waals surface area contributed by atoms with E-state index in [0.29, 0.717) is 12.6 Å². The lowest BCUT2D eigenvalue weighted by Gasteiger charge is -2.43. The molecule has 1 aromatic carbocycles. The minimum absolute atomic E-state index is 0.0769. The molecule has 0 atom stereocenters. The normalized spacial score (nSPS) is 17.7. The highest BCUT2D eigenvalue weighted by Gasteiger charge is 2.44. The second-order valence-corrected chi connectivity index (χ2v) is 7.71. The van der Waals surface area contributed by atoms with Gasteiger partial charge in [-0.1, -0.05) is 18.2 Å². The molecule has 156 valence electrons. The van der Waals surface area contributed by atoms with Crippen LogP contribution in [0.2, 0.25) is 0 Å². The largest absolute Gasteiger partial charge is 0.463 e. The zero-order valence-corrected chi connectivity index (χ0v) is 17.1. The molecular weight excluding hydrogens is 384 g/mol. The maximum atomic E-state index is 11.8. The Bertz CT molecular complexity index is 1070. The first-order valence-electron chi connectivity index (χ1n) is 10.1. The van der Waals surface area contributed by atoms with Gasteiger partial charge in [0.15, 0.2) is 0 Å². The number of carbonyl (C=O) groups is 1. The van der Waals surface area contributed by atoms with Crippen LogP contribution in [-0.4, -0.2) is 57.3 Å². The number of benzene rings is 1. The summed E-state index contributed by atoms with van der Waals surface area (Å²) in [7, 11) is 3.12. The highest BCUT2D eigenvalue weighted by Crippen LogP contribution is 2.41. The van der Waals surface area contributed by atoms with E-state index in [1.165, 1.54) is 12.7 Å². The molecule has 2 aromatic heterocycles. The Morgan fingerprint density at radius 2 is 1.93 bits per heavy atom. The number of piperidine rings is 1. The maximum absolute atomic E-state index is 11.8. The molecule has 0 N–H and O–H groups in total. The molecule has 1 fully saturated rings. The Balaban J connectivity index is 1.39. The van der Waals surface area contributed by atoms with Gasteiger partial charge in [-0.05, 0) is 37.0 Å². The molecule has 0 bridgehead atoms. The number of methoxy groups -OCH3 is 1. The predicted octanol–water partition coefficient (Wildman–Crippen LogP) is 1.86. The average Bonchev–Trinajstić information content (AvgIpc) is 3.39. The Kier molecular flexibility index (Phi) is 4.54. The van der Waals surface area contributed by atoms with Gasteiger partial charge < -0.3 is 14.4 Å². The van der Waals surface area contributed by atoms with Crippen molar-refractivity contribution >= 4 is 11.9 Å². The van der Waals surface area contributed by atoms with E-state index >= 15 is 0 Å². The first kappa shape index (κ1) is 18.8. The number of ether oxygens (including phenoxy) is 2. The third-order valence-electron chi connectivity index (χ3n) is 5.95. The van der Waals surface area contributed by atoms with E-state index in [1.54, 1.807) is 11.7 Å². The SMILES string of the molecule is COC(=O)c1nc(N2CCC3(CC2)OCCc2cn(-c4ccccc4)nc23)n(C)n1. The number of esters is 1. The number of nitrogens with zero attached hydrogens (tertiary/aromatic N) is 6. The van der Waals surface area contributed by atoms with Crippen molar-refractivity contribution in [3.8, 4) is 5.69 Å². The van der Waals surface area contributed by atoms with Crippen LogP contribution in [0.1, 0.15) is 34.7 Å². The monoisotopic (exact) mass is 408 g/mol. The van der Waals surface area contributed by atoms with Crippen molar-refractivity contribution in [2.24, 2.45) is 7.05 Å². The molecule has 5 rings (SSSR count). The van der Waals surface area contributed by atoms with E-state index in [2.05, 4.69) is 33.3 Å². The summed E-state index contributed by atoms with van der Waals surface area (Å²) in [6.07, 6.45) is 4.60. The molecule has 4 heterocycles. The number of hydrogen-bond donors (Lipinski definition) is 0. The van der Waals surface area contributed by atoms with Gasteiger partial charge in [-0.3, -0.25) is 0 Å². The van der Waals surface area contributed by atoms with Gasteiger partial charge in [0.05, 0.1) is 25.1 Å². The Hall–Kier alpha value is -3.20. The lowest BCUT2D eigenvalue weighted by molar-refractivity contribution is -0.0798. The minimum atomic E-state index is -0.531. The quantitative estimate of drug-likeness (QED) is 0.611. The number of para-hydroxylation sites is 1. The summed E-state index contributed by atoms with van der Waals surface area (Å²) < 4.78 is 14.7. The van der Waals surface area contributed by atoms with Crippen molar-refractivity contribution in [1.82, 2.24) is 24.5 Å². The zero-order valence-electron chi connectivity index (χ0n) is 17.1. The van der Waals surface area contributed by atoms with Crippen molar-refractivity contribution in [2.75, 3.05) is 31.7 Å². The fourth-order valence-corrected chi connectivity index (χ4v) is 4.39. The van der Waals surface area contributed by atoms with Gasteiger partial charge >= 0.3 is 5.97 Å². The lowest BCUT2D eigenvalue weighted by Crippen LogP contribution is -2.47. The van der Waals surface area contributed by atoms with Crippen molar-refractivity contribution in [2.45, 2.75) is 24.9 Å². The summed E-state index contributed by atoms with van der Waals surface area (Å²) in [6, 6.07) is 10.2. The van der Waals surface area contributed by atoms with Crippen LogP contribution < -0.4 is 4.90 Å². The second kappa shape index (κ2) is 7.24. The van der Waals surface area contributed by atoms with Crippen molar-refractivity contribution in [3.63, 3.8) is 0 Å². The van der Waals surface area contributed by atoms with Crippen molar-refractivity contribution in [1.29, 1.82) is 0 Å². The average molecular weight is 408 g/mol. The molecule has 0 radical (unpaired) electrons. The number of anilines is 1. The highest BCUT2D eigenvalue weighted by atomic mass is 16.5. The van der Waals surface area contributed by atoms with Gasteiger partial charge in [-0.2, -0.15) is 10.1 Å². The van der Waals surface area contributed by atoms with Crippen LogP contribution in [0.3, 0.4) is 0 Å². The molecular formula is C21H24N6O3. The summed E-state index contributed by atoms with van der Waals surface area (Å²) in [4.78, 5) is 18.3. The molecule has 2 aliphatic heterocycles. The van der Waals surface area contributed by atoms with Gasteiger partial charge in [0.2, 0.25) is 5.95 Å². The van der Waals surface area contributed by atoms with E-state index < -0.39 is 5.97 Å². The van der Waals surface area contributed by atoms with Gasteiger partial charge in [-0.25, -0.2) is 14.2 Å². The van der Waals surface area contributed by atoms with Crippen LogP contribution >= 0.6 is 0 Å². The molecule has 1 spiro atoms. The number of fused-ring (bicyclic) bond motifs is 2. The van der Waals surface area contributed by atoms with Crippen LogP contribution in [0.4, 0.5) is 5.95 Å². The topological polar surface area (TPSA) is 87.3 Å². The summed E-state index contributed by atoms with van der Waals surface area (Å²) >= 11 is 0. The molecule has 1 saturated heterocycles. The summed E-state index contributed by atoms with van der Waals surface area (Å²) in [5.41, 5.74) is 2.97. The highest BCUT2D eigenvalue weighted by molar-refractivity contribution is 5.85. The standard InChI is InChI=1S/C21H24N6O3/c1-25-20(22-18(24-25)19(28)29-2)26-11-9-21(10-12-26)17-15(8-13-30-21)14-27(23-17)16-6-4-3-5-7-16/h3-7,14H,8-13H2,1-2H3. The maximum Gasteiger partial charge on any atom is 0.378 e. The molecule has 0 amide bonds. The second-order valence-electron chi connectivity index (χ2n) is 7.71. The number of hydrogen-bond acceptors (Lipinski definition) is 7. The summed E-state index contributed by atoms with van der Waals surface area (Å²) in [5, 5.41) is 9.11. The fourth-order valence-electron chi connectivity index (χ4n) is 4.39. The lowest BCUT2D eigenvalue weighted by atomic mass is 9.84. The van der Waals surface area contributed by atoms with E-state index in [0.717, 1.165) is 43.7 Å². The summed E-state index contributed by atoms with van der Waals surface area (Å²) in [6.45, 7) is 2.18. The van der Waals surface area contributed by atoms with Gasteiger partial charge in [0.25, 0.3) is 5.82 Å². The Morgan fingerprint density at radius 3 is 2.67 bits per heavy atom. The third-order valence-corrected chi connectivity index (χ3v) is 5.95. The van der Waals surface area contributed by atoms with E-state index in [9.17, 15) is 4.79 Å². The van der Waals surface area contributed by atoms with E-state index in [-0.39, 0.29) is 11.4 Å². The summed E-state index contributed by atoms with van der Waals surface area (Å²) in [5.74, 6) is 0.209. The number of rotatable bonds is 3. The number of aromatic nitrogens is 5. The van der Waals surface area contributed by atoms with Crippen LogP contribution in [0.15, 0.2) is 36.5 Å². The Morgan fingerprint density at radius 1 is 1.17 bits per heavy atom. The zero-order chi connectivity index (χ0) is 20.7. The molecule has 9 heteroatoms.